The fourth-order valence-corrected chi connectivity index (χ4v) is 3.22. The van der Waals surface area contributed by atoms with Crippen LogP contribution in [0.25, 0.3) is 0 Å². The first-order chi connectivity index (χ1) is 10.8. The minimum atomic E-state index is -0.369. The summed E-state index contributed by atoms with van der Waals surface area (Å²) >= 11 is 0. The van der Waals surface area contributed by atoms with Crippen molar-refractivity contribution in [1.82, 2.24) is 5.32 Å². The quantitative estimate of drug-likeness (QED) is 0.755. The molecule has 1 aromatic carbocycles. The van der Waals surface area contributed by atoms with Gasteiger partial charge in [-0.3, -0.25) is 0 Å². The average Bonchev–Trinajstić information content (AvgIpc) is 2.86. The number of rotatable bonds is 6. The van der Waals surface area contributed by atoms with E-state index in [1.165, 1.54) is 11.3 Å². The summed E-state index contributed by atoms with van der Waals surface area (Å²) in [7, 11) is 0. The van der Waals surface area contributed by atoms with E-state index >= 15 is 0 Å². The monoisotopic (exact) mass is 319 g/mol. The molecular weight excluding hydrogens is 290 g/mol. The smallest absolute Gasteiger partial charge is 0.319 e. The van der Waals surface area contributed by atoms with Gasteiger partial charge in [-0.1, -0.05) is 19.9 Å². The zero-order valence-electron chi connectivity index (χ0n) is 14.6. The van der Waals surface area contributed by atoms with Gasteiger partial charge in [0, 0.05) is 31.0 Å². The Hall–Kier alpha value is -1.75. The topological polar surface area (TPSA) is 64.6 Å². The van der Waals surface area contributed by atoms with E-state index < -0.39 is 0 Å². The van der Waals surface area contributed by atoms with Gasteiger partial charge in [-0.2, -0.15) is 0 Å². The number of amides is 2. The van der Waals surface area contributed by atoms with E-state index in [1.807, 2.05) is 26.0 Å². The zero-order chi connectivity index (χ0) is 17.0. The summed E-state index contributed by atoms with van der Waals surface area (Å²) < 4.78 is 0. The summed E-state index contributed by atoms with van der Waals surface area (Å²) in [6.45, 7) is 10.5. The van der Waals surface area contributed by atoms with Crippen molar-refractivity contribution in [2.24, 2.45) is 5.41 Å². The van der Waals surface area contributed by atoms with Crippen molar-refractivity contribution < 1.29 is 9.90 Å². The summed E-state index contributed by atoms with van der Waals surface area (Å²) in [5.41, 5.74) is 3.24. The van der Waals surface area contributed by atoms with Crippen molar-refractivity contribution >= 4 is 17.4 Å². The molecule has 1 aromatic rings. The van der Waals surface area contributed by atoms with Crippen LogP contribution in [0.4, 0.5) is 16.2 Å². The number of nitrogens with zero attached hydrogens (tertiary/aromatic N) is 1. The molecule has 5 heteroatoms. The Morgan fingerprint density at radius 2 is 2.17 bits per heavy atom. The van der Waals surface area contributed by atoms with Crippen LogP contribution in [-0.4, -0.2) is 36.9 Å². The van der Waals surface area contributed by atoms with Crippen molar-refractivity contribution in [3.05, 3.63) is 23.8 Å². The Morgan fingerprint density at radius 1 is 1.43 bits per heavy atom. The highest BCUT2D eigenvalue weighted by Crippen LogP contribution is 2.30. The first-order valence-corrected chi connectivity index (χ1v) is 8.41. The molecule has 1 heterocycles. The molecule has 1 aliphatic rings. The molecule has 0 saturated carbocycles. The molecule has 0 fully saturated rings. The minimum absolute atomic E-state index is 0.136. The molecule has 0 saturated heterocycles. The molecule has 2 amide bonds. The van der Waals surface area contributed by atoms with E-state index in [0.717, 1.165) is 25.2 Å². The van der Waals surface area contributed by atoms with Crippen LogP contribution >= 0.6 is 0 Å². The molecule has 0 radical (unpaired) electrons. The SMILES string of the molecule is CCN1CCc2ccc(NC(=O)NCC(C)(C)C[C@@H](C)O)cc21. The van der Waals surface area contributed by atoms with E-state index in [0.29, 0.717) is 13.0 Å². The molecule has 1 aliphatic heterocycles. The van der Waals surface area contributed by atoms with E-state index in [-0.39, 0.29) is 17.6 Å². The van der Waals surface area contributed by atoms with Crippen LogP contribution in [-0.2, 0) is 6.42 Å². The molecule has 3 N–H and O–H groups in total. The van der Waals surface area contributed by atoms with Crippen molar-refractivity contribution in [3.8, 4) is 0 Å². The summed E-state index contributed by atoms with van der Waals surface area (Å²) in [6.07, 6.45) is 1.35. The Balaban J connectivity index is 1.91. The van der Waals surface area contributed by atoms with Crippen molar-refractivity contribution in [3.63, 3.8) is 0 Å². The second-order valence-electron chi connectivity index (χ2n) is 7.20. The van der Waals surface area contributed by atoms with Crippen LogP contribution in [0.15, 0.2) is 18.2 Å². The van der Waals surface area contributed by atoms with Gasteiger partial charge in [0.2, 0.25) is 0 Å². The lowest BCUT2D eigenvalue weighted by Gasteiger charge is -2.26. The van der Waals surface area contributed by atoms with E-state index in [2.05, 4.69) is 28.5 Å². The van der Waals surface area contributed by atoms with Crippen LogP contribution in [0.5, 0.6) is 0 Å². The van der Waals surface area contributed by atoms with Gasteiger partial charge in [-0.15, -0.1) is 0 Å². The maximum atomic E-state index is 12.1. The maximum Gasteiger partial charge on any atom is 0.319 e. The molecule has 23 heavy (non-hydrogen) atoms. The summed E-state index contributed by atoms with van der Waals surface area (Å²) in [5, 5.41) is 15.3. The van der Waals surface area contributed by atoms with Crippen LogP contribution < -0.4 is 15.5 Å². The van der Waals surface area contributed by atoms with E-state index in [1.54, 1.807) is 6.92 Å². The number of benzene rings is 1. The lowest BCUT2D eigenvalue weighted by atomic mass is 9.87. The number of likely N-dealkylation sites (N-methyl/N-ethyl adjacent to an activating group) is 1. The molecule has 0 spiro atoms. The number of hydrogen-bond acceptors (Lipinski definition) is 3. The third-order valence-corrected chi connectivity index (χ3v) is 4.29. The van der Waals surface area contributed by atoms with E-state index in [9.17, 15) is 9.90 Å². The van der Waals surface area contributed by atoms with Gasteiger partial charge < -0.3 is 20.6 Å². The van der Waals surface area contributed by atoms with Gasteiger partial charge in [-0.25, -0.2) is 4.79 Å². The number of hydrogen-bond donors (Lipinski definition) is 3. The Morgan fingerprint density at radius 3 is 2.83 bits per heavy atom. The molecule has 0 unspecified atom stereocenters. The highest BCUT2D eigenvalue weighted by molar-refractivity contribution is 5.90. The maximum absolute atomic E-state index is 12.1. The number of carbonyl (C=O) groups is 1. The fourth-order valence-electron chi connectivity index (χ4n) is 3.22. The number of anilines is 2. The molecular formula is C18H29N3O2. The molecule has 0 aromatic heterocycles. The van der Waals surface area contributed by atoms with E-state index in [4.69, 9.17) is 0 Å². The average molecular weight is 319 g/mol. The first-order valence-electron chi connectivity index (χ1n) is 8.41. The Bertz CT molecular complexity index is 555. The number of aliphatic hydroxyl groups is 1. The number of carbonyl (C=O) groups excluding carboxylic acids is 1. The third kappa shape index (κ3) is 4.86. The lowest BCUT2D eigenvalue weighted by molar-refractivity contribution is 0.129. The molecule has 0 bridgehead atoms. The number of nitrogens with one attached hydrogen (secondary N) is 2. The van der Waals surface area contributed by atoms with Gasteiger partial charge in [-0.05, 0) is 49.8 Å². The predicted molar refractivity (Wildman–Crippen MR) is 95.1 cm³/mol. The van der Waals surface area contributed by atoms with Crippen LogP contribution in [0.3, 0.4) is 0 Å². The largest absolute Gasteiger partial charge is 0.393 e. The first kappa shape index (κ1) is 17.6. The van der Waals surface area contributed by atoms with Gasteiger partial charge in [0.25, 0.3) is 0 Å². The standard InChI is InChI=1S/C18H29N3O2/c1-5-21-9-8-14-6-7-15(10-16(14)21)20-17(23)19-12-18(3,4)11-13(2)22/h6-7,10,13,22H,5,8-9,11-12H2,1-4H3,(H2,19,20,23)/t13-/m1/s1. The third-order valence-electron chi connectivity index (χ3n) is 4.29. The zero-order valence-corrected chi connectivity index (χ0v) is 14.6. The summed E-state index contributed by atoms with van der Waals surface area (Å²) in [4.78, 5) is 14.4. The Kier molecular flexibility index (Phi) is 5.52. The Labute approximate surface area is 139 Å². The fraction of sp³-hybridized carbons (Fsp3) is 0.611. The highest BCUT2D eigenvalue weighted by Gasteiger charge is 2.21. The molecule has 128 valence electrons. The van der Waals surface area contributed by atoms with Gasteiger partial charge in [0.1, 0.15) is 0 Å². The lowest BCUT2D eigenvalue weighted by Crippen LogP contribution is -2.38. The van der Waals surface area contributed by atoms with Crippen molar-refractivity contribution in [2.75, 3.05) is 29.9 Å². The van der Waals surface area contributed by atoms with Gasteiger partial charge in [0.05, 0.1) is 6.10 Å². The predicted octanol–water partition coefficient (Wildman–Crippen LogP) is 2.99. The van der Waals surface area contributed by atoms with Crippen LogP contribution in [0, 0.1) is 5.41 Å². The molecule has 5 nitrogen and oxygen atoms in total. The molecule has 2 rings (SSSR count). The summed E-state index contributed by atoms with van der Waals surface area (Å²) in [6, 6.07) is 5.90. The second kappa shape index (κ2) is 7.21. The highest BCUT2D eigenvalue weighted by atomic mass is 16.3. The van der Waals surface area contributed by atoms with Gasteiger partial charge >= 0.3 is 6.03 Å². The van der Waals surface area contributed by atoms with Crippen LogP contribution in [0.1, 0.15) is 39.7 Å². The molecule has 1 atom stereocenters. The van der Waals surface area contributed by atoms with Crippen molar-refractivity contribution in [1.29, 1.82) is 0 Å². The molecule has 0 aliphatic carbocycles. The minimum Gasteiger partial charge on any atom is -0.393 e. The second-order valence-corrected chi connectivity index (χ2v) is 7.20. The number of aliphatic hydroxyl groups excluding tert-OH is 1. The number of fused-ring (bicyclic) bond motifs is 1. The number of urea groups is 1. The summed E-state index contributed by atoms with van der Waals surface area (Å²) in [5.74, 6) is 0. The van der Waals surface area contributed by atoms with Gasteiger partial charge in [0.15, 0.2) is 0 Å². The van der Waals surface area contributed by atoms with Crippen molar-refractivity contribution in [2.45, 2.75) is 46.6 Å². The van der Waals surface area contributed by atoms with Crippen LogP contribution in [0.2, 0.25) is 0 Å². The normalized spacial score (nSPS) is 15.3.